The van der Waals surface area contributed by atoms with E-state index in [0.29, 0.717) is 24.2 Å². The first-order valence-corrected chi connectivity index (χ1v) is 12.8. The van der Waals surface area contributed by atoms with E-state index in [0.717, 1.165) is 22.2 Å². The van der Waals surface area contributed by atoms with E-state index in [9.17, 15) is 13.2 Å². The number of carbonyl (C=O) groups is 1. The Bertz CT molecular complexity index is 1380. The Hall–Kier alpha value is -2.73. The standard InChI is InChI=1S/C24H25N3O3S2/c1-4-14-26-20-13-10-18(5-2)16-22(20)31-24(26)25-23(28)21-7-6-15-27(21)32(29,30)19-11-8-17(3)9-12-19/h1,8-13,16,21H,5-7,14-15H2,2-3H3. The number of rotatable bonds is 5. The van der Waals surface area contributed by atoms with Crippen LogP contribution in [0.1, 0.15) is 30.9 Å². The molecule has 0 spiro atoms. The summed E-state index contributed by atoms with van der Waals surface area (Å²) < 4.78 is 30.5. The lowest BCUT2D eigenvalue weighted by Gasteiger charge is -2.21. The van der Waals surface area contributed by atoms with E-state index in [2.05, 4.69) is 23.9 Å². The van der Waals surface area contributed by atoms with Gasteiger partial charge in [0.15, 0.2) is 4.80 Å². The van der Waals surface area contributed by atoms with Gasteiger partial charge in [0.25, 0.3) is 5.91 Å². The number of amides is 1. The van der Waals surface area contributed by atoms with Crippen LogP contribution >= 0.6 is 11.3 Å². The Labute approximate surface area is 192 Å². The zero-order chi connectivity index (χ0) is 22.9. The van der Waals surface area contributed by atoms with Crippen molar-refractivity contribution in [3.63, 3.8) is 0 Å². The van der Waals surface area contributed by atoms with E-state index in [1.807, 2.05) is 23.6 Å². The van der Waals surface area contributed by atoms with Crippen molar-refractivity contribution < 1.29 is 13.2 Å². The van der Waals surface area contributed by atoms with Gasteiger partial charge < -0.3 is 4.57 Å². The summed E-state index contributed by atoms with van der Waals surface area (Å²) in [5, 5.41) is 0. The topological polar surface area (TPSA) is 71.7 Å². The van der Waals surface area contributed by atoms with Crippen molar-refractivity contribution in [2.45, 2.75) is 50.6 Å². The van der Waals surface area contributed by atoms with Crippen molar-refractivity contribution in [2.24, 2.45) is 4.99 Å². The van der Waals surface area contributed by atoms with E-state index in [1.165, 1.54) is 21.2 Å². The Morgan fingerprint density at radius 3 is 2.69 bits per heavy atom. The second kappa shape index (κ2) is 9.02. The number of benzene rings is 2. The summed E-state index contributed by atoms with van der Waals surface area (Å²) in [6.45, 7) is 4.58. The molecule has 1 aliphatic heterocycles. The summed E-state index contributed by atoms with van der Waals surface area (Å²) in [6, 6.07) is 12.0. The van der Waals surface area contributed by atoms with E-state index in [1.54, 1.807) is 24.3 Å². The molecule has 0 saturated carbocycles. The van der Waals surface area contributed by atoms with Crippen LogP contribution in [0.5, 0.6) is 0 Å². The molecule has 1 atom stereocenters. The molecule has 4 rings (SSSR count). The van der Waals surface area contributed by atoms with Crippen molar-refractivity contribution >= 4 is 37.5 Å². The summed E-state index contributed by atoms with van der Waals surface area (Å²) in [5.74, 6) is 2.17. The molecular weight excluding hydrogens is 442 g/mol. The van der Waals surface area contributed by atoms with Gasteiger partial charge in [-0.05, 0) is 56.0 Å². The van der Waals surface area contributed by atoms with Gasteiger partial charge in [0.05, 0.1) is 21.7 Å². The average molecular weight is 468 g/mol. The molecule has 1 unspecified atom stereocenters. The third-order valence-corrected chi connectivity index (χ3v) is 8.69. The van der Waals surface area contributed by atoms with Gasteiger partial charge >= 0.3 is 0 Å². The molecule has 32 heavy (non-hydrogen) atoms. The molecule has 0 aliphatic carbocycles. The SMILES string of the molecule is C#CCn1c(=NC(=O)C2CCCN2S(=O)(=O)c2ccc(C)cc2)sc2cc(CC)ccc21. The normalized spacial score (nSPS) is 17.7. The zero-order valence-electron chi connectivity index (χ0n) is 18.1. The van der Waals surface area contributed by atoms with Crippen molar-refractivity contribution in [2.75, 3.05) is 6.54 Å². The maximum atomic E-state index is 13.2. The molecule has 3 aromatic rings. The van der Waals surface area contributed by atoms with Crippen LogP contribution < -0.4 is 4.80 Å². The quantitative estimate of drug-likeness (QED) is 0.540. The molecule has 166 valence electrons. The number of thiazole rings is 1. The van der Waals surface area contributed by atoms with Crippen LogP contribution in [0.15, 0.2) is 52.4 Å². The molecule has 1 aromatic heterocycles. The lowest BCUT2D eigenvalue weighted by Crippen LogP contribution is -2.40. The molecular formula is C24H25N3O3S2. The second-order valence-corrected chi connectivity index (χ2v) is 10.8. The van der Waals surface area contributed by atoms with Crippen LogP contribution in [-0.4, -0.2) is 35.8 Å². The Kier molecular flexibility index (Phi) is 6.33. The monoisotopic (exact) mass is 467 g/mol. The van der Waals surface area contributed by atoms with Crippen LogP contribution in [0.3, 0.4) is 0 Å². The molecule has 0 N–H and O–H groups in total. The zero-order valence-corrected chi connectivity index (χ0v) is 19.7. The predicted octanol–water partition coefficient (Wildman–Crippen LogP) is 3.49. The van der Waals surface area contributed by atoms with Crippen molar-refractivity contribution in [1.29, 1.82) is 0 Å². The Morgan fingerprint density at radius 1 is 1.25 bits per heavy atom. The largest absolute Gasteiger partial charge is 0.305 e. The highest BCUT2D eigenvalue weighted by atomic mass is 32.2. The van der Waals surface area contributed by atoms with Crippen LogP contribution in [-0.2, 0) is 27.8 Å². The van der Waals surface area contributed by atoms with E-state index >= 15 is 0 Å². The van der Waals surface area contributed by atoms with Gasteiger partial charge in [0.2, 0.25) is 10.0 Å². The van der Waals surface area contributed by atoms with E-state index < -0.39 is 22.0 Å². The highest BCUT2D eigenvalue weighted by Crippen LogP contribution is 2.27. The summed E-state index contributed by atoms with van der Waals surface area (Å²) in [5.41, 5.74) is 3.09. The highest BCUT2D eigenvalue weighted by Gasteiger charge is 2.39. The molecule has 2 heterocycles. The van der Waals surface area contributed by atoms with Gasteiger partial charge in [-0.1, -0.05) is 47.9 Å². The molecule has 2 aromatic carbocycles. The lowest BCUT2D eigenvalue weighted by atomic mass is 10.2. The summed E-state index contributed by atoms with van der Waals surface area (Å²) >= 11 is 1.40. The minimum Gasteiger partial charge on any atom is -0.305 e. The summed E-state index contributed by atoms with van der Waals surface area (Å²) in [7, 11) is -3.78. The summed E-state index contributed by atoms with van der Waals surface area (Å²) in [6.07, 6.45) is 7.54. The highest BCUT2D eigenvalue weighted by molar-refractivity contribution is 7.89. The molecule has 1 saturated heterocycles. The number of carbonyl (C=O) groups excluding carboxylic acids is 1. The van der Waals surface area contributed by atoms with Crippen LogP contribution in [0, 0.1) is 19.3 Å². The molecule has 0 bridgehead atoms. The van der Waals surface area contributed by atoms with Crippen LogP contribution in [0.25, 0.3) is 10.2 Å². The first-order chi connectivity index (χ1) is 15.3. The number of hydrogen-bond donors (Lipinski definition) is 0. The number of hydrogen-bond acceptors (Lipinski definition) is 4. The number of terminal acetylenes is 1. The number of aryl methyl sites for hydroxylation is 2. The number of sulfonamides is 1. The van der Waals surface area contributed by atoms with Crippen molar-refractivity contribution in [3.8, 4) is 12.3 Å². The van der Waals surface area contributed by atoms with Gasteiger partial charge in [-0.25, -0.2) is 8.42 Å². The lowest BCUT2D eigenvalue weighted by molar-refractivity contribution is -0.121. The maximum Gasteiger partial charge on any atom is 0.266 e. The number of aromatic nitrogens is 1. The number of fused-ring (bicyclic) bond motifs is 1. The van der Waals surface area contributed by atoms with Gasteiger partial charge in [-0.2, -0.15) is 9.30 Å². The van der Waals surface area contributed by atoms with Gasteiger partial charge in [0.1, 0.15) is 6.04 Å². The minimum atomic E-state index is -3.78. The average Bonchev–Trinajstić information content (AvgIpc) is 3.40. The fraction of sp³-hybridized carbons (Fsp3) is 0.333. The molecule has 1 aliphatic rings. The van der Waals surface area contributed by atoms with Crippen LogP contribution in [0.4, 0.5) is 0 Å². The minimum absolute atomic E-state index is 0.194. The van der Waals surface area contributed by atoms with Gasteiger partial charge in [-0.15, -0.1) is 6.42 Å². The van der Waals surface area contributed by atoms with Crippen molar-refractivity contribution in [1.82, 2.24) is 8.87 Å². The first kappa shape index (κ1) is 22.5. The maximum absolute atomic E-state index is 13.2. The summed E-state index contributed by atoms with van der Waals surface area (Å²) in [4.78, 5) is 18.2. The fourth-order valence-corrected chi connectivity index (χ4v) is 6.71. The molecule has 6 nitrogen and oxygen atoms in total. The van der Waals surface area contributed by atoms with E-state index in [-0.39, 0.29) is 11.4 Å². The van der Waals surface area contributed by atoms with Gasteiger partial charge in [-0.3, -0.25) is 4.79 Å². The first-order valence-electron chi connectivity index (χ1n) is 10.6. The molecule has 0 radical (unpaired) electrons. The predicted molar refractivity (Wildman–Crippen MR) is 127 cm³/mol. The molecule has 1 amide bonds. The molecule has 1 fully saturated rings. The van der Waals surface area contributed by atoms with Crippen LogP contribution in [0.2, 0.25) is 0 Å². The smallest absolute Gasteiger partial charge is 0.266 e. The second-order valence-electron chi connectivity index (χ2n) is 7.87. The molecule has 8 heteroatoms. The number of nitrogens with zero attached hydrogens (tertiary/aromatic N) is 3. The van der Waals surface area contributed by atoms with Crippen molar-refractivity contribution in [3.05, 3.63) is 58.4 Å². The Balaban J connectivity index is 1.72. The fourth-order valence-electron chi connectivity index (χ4n) is 3.96. The third-order valence-electron chi connectivity index (χ3n) is 5.73. The Morgan fingerprint density at radius 2 is 2.00 bits per heavy atom. The van der Waals surface area contributed by atoms with E-state index in [4.69, 9.17) is 6.42 Å². The van der Waals surface area contributed by atoms with Gasteiger partial charge in [0, 0.05) is 6.54 Å². The third kappa shape index (κ3) is 4.16.